The third-order valence-electron chi connectivity index (χ3n) is 3.64. The average Bonchev–Trinajstić information content (AvgIpc) is 2.57. The van der Waals surface area contributed by atoms with Gasteiger partial charge in [-0.25, -0.2) is 0 Å². The molecule has 3 nitrogen and oxygen atoms in total. The Morgan fingerprint density at radius 3 is 2.61 bits per heavy atom. The number of ether oxygens (including phenoxy) is 1. The maximum atomic E-state index is 12.8. The molecule has 23 heavy (non-hydrogen) atoms. The molecule has 0 N–H and O–H groups in total. The molecule has 0 spiro atoms. The van der Waals surface area contributed by atoms with Crippen LogP contribution in [-0.2, 0) is 12.4 Å². The van der Waals surface area contributed by atoms with Crippen LogP contribution in [0.3, 0.4) is 0 Å². The van der Waals surface area contributed by atoms with Crippen LogP contribution >= 0.6 is 11.8 Å². The van der Waals surface area contributed by atoms with Gasteiger partial charge in [-0.1, -0.05) is 42.5 Å². The van der Waals surface area contributed by atoms with E-state index in [-0.39, 0.29) is 5.43 Å². The fourth-order valence-corrected chi connectivity index (χ4v) is 2.94. The molecule has 0 atom stereocenters. The van der Waals surface area contributed by atoms with Gasteiger partial charge in [-0.05, 0) is 30.4 Å². The van der Waals surface area contributed by atoms with Gasteiger partial charge < -0.3 is 9.15 Å². The summed E-state index contributed by atoms with van der Waals surface area (Å²) in [6.45, 7) is 2.29. The van der Waals surface area contributed by atoms with E-state index in [0.717, 1.165) is 11.1 Å². The summed E-state index contributed by atoms with van der Waals surface area (Å²) in [5, 5.41) is 0.568. The summed E-state index contributed by atoms with van der Waals surface area (Å²) in [4.78, 5) is 12.8. The van der Waals surface area contributed by atoms with Gasteiger partial charge in [0, 0.05) is 0 Å². The van der Waals surface area contributed by atoms with Crippen LogP contribution in [0.25, 0.3) is 11.0 Å². The van der Waals surface area contributed by atoms with Crippen molar-refractivity contribution in [2.24, 2.45) is 0 Å². The summed E-state index contributed by atoms with van der Waals surface area (Å²) >= 11 is 1.60. The zero-order valence-corrected chi connectivity index (χ0v) is 14.0. The van der Waals surface area contributed by atoms with Crippen molar-refractivity contribution < 1.29 is 9.15 Å². The van der Waals surface area contributed by atoms with E-state index in [2.05, 4.69) is 0 Å². The molecule has 0 saturated carbocycles. The lowest BCUT2D eigenvalue weighted by Gasteiger charge is -2.12. The highest BCUT2D eigenvalue weighted by atomic mass is 32.2. The van der Waals surface area contributed by atoms with Crippen molar-refractivity contribution in [1.82, 2.24) is 0 Å². The third kappa shape index (κ3) is 3.27. The maximum Gasteiger partial charge on any atom is 0.234 e. The highest BCUT2D eigenvalue weighted by Gasteiger charge is 2.16. The van der Waals surface area contributed by atoms with Crippen molar-refractivity contribution in [1.29, 1.82) is 0 Å². The SMILES string of the molecule is CSCc1oc2c(C)cccc2c(=O)c1OCc1ccccc1. The largest absolute Gasteiger partial charge is 0.482 e. The summed E-state index contributed by atoms with van der Waals surface area (Å²) in [5.74, 6) is 1.52. The first-order valence-electron chi connectivity index (χ1n) is 7.41. The number of aryl methyl sites for hydroxylation is 1. The normalized spacial score (nSPS) is 10.9. The third-order valence-corrected chi connectivity index (χ3v) is 4.19. The fraction of sp³-hybridized carbons (Fsp3) is 0.211. The second kappa shape index (κ2) is 6.92. The number of thioether (sulfide) groups is 1. The molecule has 1 aromatic heterocycles. The smallest absolute Gasteiger partial charge is 0.234 e. The van der Waals surface area contributed by atoms with Gasteiger partial charge in [0.2, 0.25) is 11.2 Å². The van der Waals surface area contributed by atoms with E-state index in [9.17, 15) is 4.79 Å². The number of hydrogen-bond acceptors (Lipinski definition) is 4. The molecule has 0 bridgehead atoms. The predicted octanol–water partition coefficient (Wildman–Crippen LogP) is 4.54. The van der Waals surface area contributed by atoms with Gasteiger partial charge in [0.15, 0.2) is 5.76 Å². The minimum Gasteiger partial charge on any atom is -0.482 e. The molecule has 0 saturated heterocycles. The summed E-state index contributed by atoms with van der Waals surface area (Å²) in [6.07, 6.45) is 1.98. The van der Waals surface area contributed by atoms with E-state index in [0.29, 0.717) is 34.8 Å². The zero-order chi connectivity index (χ0) is 16.2. The lowest BCUT2D eigenvalue weighted by Crippen LogP contribution is -2.11. The van der Waals surface area contributed by atoms with Gasteiger partial charge in [0.25, 0.3) is 0 Å². The average molecular weight is 326 g/mol. The molecule has 0 amide bonds. The van der Waals surface area contributed by atoms with Gasteiger partial charge in [0.1, 0.15) is 12.2 Å². The van der Waals surface area contributed by atoms with E-state index < -0.39 is 0 Å². The van der Waals surface area contributed by atoms with E-state index in [1.54, 1.807) is 17.8 Å². The highest BCUT2D eigenvalue weighted by molar-refractivity contribution is 7.97. The lowest BCUT2D eigenvalue weighted by molar-refractivity contribution is 0.289. The van der Waals surface area contributed by atoms with Crippen molar-refractivity contribution in [2.75, 3.05) is 6.26 Å². The number of fused-ring (bicyclic) bond motifs is 1. The quantitative estimate of drug-likeness (QED) is 0.690. The zero-order valence-electron chi connectivity index (χ0n) is 13.2. The summed E-state index contributed by atoms with van der Waals surface area (Å²) in [6, 6.07) is 15.4. The van der Waals surface area contributed by atoms with Crippen LogP contribution in [0.2, 0.25) is 0 Å². The van der Waals surface area contributed by atoms with Crippen LogP contribution in [0.15, 0.2) is 57.7 Å². The molecular formula is C19H18O3S. The first kappa shape index (κ1) is 15.7. The van der Waals surface area contributed by atoms with Gasteiger partial charge in [-0.15, -0.1) is 0 Å². The number of hydrogen-bond donors (Lipinski definition) is 0. The second-order valence-electron chi connectivity index (χ2n) is 5.34. The van der Waals surface area contributed by atoms with Crippen molar-refractivity contribution in [3.8, 4) is 5.75 Å². The Labute approximate surface area is 139 Å². The van der Waals surface area contributed by atoms with Crippen molar-refractivity contribution >= 4 is 22.7 Å². The molecule has 2 aromatic carbocycles. The Balaban J connectivity index is 2.05. The minimum absolute atomic E-state index is 0.102. The van der Waals surface area contributed by atoms with Crippen LogP contribution in [0.1, 0.15) is 16.9 Å². The summed E-state index contributed by atoms with van der Waals surface area (Å²) < 4.78 is 11.8. The molecule has 1 heterocycles. The van der Waals surface area contributed by atoms with Crippen molar-refractivity contribution in [3.63, 3.8) is 0 Å². The minimum atomic E-state index is -0.102. The molecule has 4 heteroatoms. The molecule has 0 unspecified atom stereocenters. The summed E-state index contributed by atoms with van der Waals surface area (Å²) in [5.41, 5.74) is 2.52. The Morgan fingerprint density at radius 2 is 1.87 bits per heavy atom. The van der Waals surface area contributed by atoms with Crippen molar-refractivity contribution in [3.05, 3.63) is 75.6 Å². The predicted molar refractivity (Wildman–Crippen MR) is 95.2 cm³/mol. The monoisotopic (exact) mass is 326 g/mol. The van der Waals surface area contributed by atoms with Gasteiger partial charge in [-0.2, -0.15) is 11.8 Å². The van der Waals surface area contributed by atoms with Gasteiger partial charge in [-0.3, -0.25) is 4.79 Å². The molecule has 0 fully saturated rings. The van der Waals surface area contributed by atoms with Crippen LogP contribution in [-0.4, -0.2) is 6.26 Å². The van der Waals surface area contributed by atoms with Crippen LogP contribution in [0, 0.1) is 6.92 Å². The molecular weight excluding hydrogens is 308 g/mol. The molecule has 3 rings (SSSR count). The second-order valence-corrected chi connectivity index (χ2v) is 6.21. The molecule has 118 valence electrons. The highest BCUT2D eigenvalue weighted by Crippen LogP contribution is 2.26. The number of rotatable bonds is 5. The standard InChI is InChI=1S/C19H18O3S/c1-13-7-6-10-15-17(20)19(16(12-23-2)22-18(13)15)21-11-14-8-4-3-5-9-14/h3-10H,11-12H2,1-2H3. The summed E-state index contributed by atoms with van der Waals surface area (Å²) in [7, 11) is 0. The lowest BCUT2D eigenvalue weighted by atomic mass is 10.1. The van der Waals surface area contributed by atoms with Crippen LogP contribution < -0.4 is 10.2 Å². The molecule has 3 aromatic rings. The van der Waals surface area contributed by atoms with Crippen LogP contribution in [0.4, 0.5) is 0 Å². The van der Waals surface area contributed by atoms with Crippen LogP contribution in [0.5, 0.6) is 5.75 Å². The first-order chi connectivity index (χ1) is 11.2. The van der Waals surface area contributed by atoms with Gasteiger partial charge >= 0.3 is 0 Å². The molecule has 0 aliphatic carbocycles. The molecule has 0 radical (unpaired) electrons. The number of para-hydroxylation sites is 1. The molecule has 0 aliphatic heterocycles. The molecule has 0 aliphatic rings. The fourth-order valence-electron chi connectivity index (χ4n) is 2.49. The van der Waals surface area contributed by atoms with E-state index in [1.807, 2.05) is 55.6 Å². The number of benzene rings is 2. The first-order valence-corrected chi connectivity index (χ1v) is 8.81. The Bertz CT molecular complexity index is 869. The Morgan fingerprint density at radius 1 is 1.09 bits per heavy atom. The van der Waals surface area contributed by atoms with Crippen molar-refractivity contribution in [2.45, 2.75) is 19.3 Å². The Kier molecular flexibility index (Phi) is 4.72. The topological polar surface area (TPSA) is 39.4 Å². The van der Waals surface area contributed by atoms with E-state index in [4.69, 9.17) is 9.15 Å². The van der Waals surface area contributed by atoms with Gasteiger partial charge in [0.05, 0.1) is 11.1 Å². The van der Waals surface area contributed by atoms with E-state index >= 15 is 0 Å². The Hall–Kier alpha value is -2.20. The van der Waals surface area contributed by atoms with E-state index in [1.165, 1.54) is 0 Å². The maximum absolute atomic E-state index is 12.8.